The molecule has 1 aromatic heterocycles. The van der Waals surface area contributed by atoms with E-state index in [-0.39, 0.29) is 11.4 Å². The number of carbonyl (C=O) groups is 1. The number of nitrogens with two attached hydrogens (primary N) is 1. The highest BCUT2D eigenvalue weighted by Gasteiger charge is 2.34. The molecule has 1 aliphatic rings. The zero-order valence-electron chi connectivity index (χ0n) is 10.5. The first kappa shape index (κ1) is 12.1. The lowest BCUT2D eigenvalue weighted by molar-refractivity contribution is 0.0893. The van der Waals surface area contributed by atoms with Gasteiger partial charge in [0.05, 0.1) is 11.2 Å². The van der Waals surface area contributed by atoms with Gasteiger partial charge in [-0.25, -0.2) is 0 Å². The van der Waals surface area contributed by atoms with Crippen molar-refractivity contribution in [2.45, 2.75) is 38.1 Å². The van der Waals surface area contributed by atoms with Crippen molar-refractivity contribution in [1.29, 1.82) is 0 Å². The highest BCUT2D eigenvalue weighted by Crippen LogP contribution is 2.28. The van der Waals surface area contributed by atoms with Crippen molar-refractivity contribution in [2.75, 3.05) is 6.54 Å². The summed E-state index contributed by atoms with van der Waals surface area (Å²) in [4.78, 5) is 12.2. The van der Waals surface area contributed by atoms with E-state index in [9.17, 15) is 4.79 Å². The van der Waals surface area contributed by atoms with Crippen LogP contribution in [-0.4, -0.2) is 27.8 Å². The minimum absolute atomic E-state index is 0.0690. The van der Waals surface area contributed by atoms with Gasteiger partial charge in [-0.2, -0.15) is 5.10 Å². The van der Waals surface area contributed by atoms with E-state index < -0.39 is 0 Å². The van der Waals surface area contributed by atoms with Gasteiger partial charge >= 0.3 is 0 Å². The first-order valence-corrected chi connectivity index (χ1v) is 6.09. The molecule has 1 amide bonds. The Hall–Kier alpha value is -1.36. The molecule has 5 nitrogen and oxygen atoms in total. The molecule has 5 heteroatoms. The molecular weight excluding hydrogens is 216 g/mol. The van der Waals surface area contributed by atoms with Crippen LogP contribution in [-0.2, 0) is 7.05 Å². The lowest BCUT2D eigenvalue weighted by Gasteiger charge is -2.28. The molecule has 0 spiro atoms. The SMILES string of the molecule is Cc1cc(C(=O)NC2(CN)CCCC2)n(C)n1. The molecule has 1 saturated carbocycles. The maximum atomic E-state index is 12.2. The van der Waals surface area contributed by atoms with E-state index in [1.54, 1.807) is 17.8 Å². The third-order valence-electron chi connectivity index (χ3n) is 3.56. The second kappa shape index (κ2) is 4.49. The summed E-state index contributed by atoms with van der Waals surface area (Å²) in [5.74, 6) is -0.0690. The highest BCUT2D eigenvalue weighted by molar-refractivity contribution is 5.93. The number of hydrogen-bond acceptors (Lipinski definition) is 3. The van der Waals surface area contributed by atoms with Crippen molar-refractivity contribution in [1.82, 2.24) is 15.1 Å². The smallest absolute Gasteiger partial charge is 0.270 e. The van der Waals surface area contributed by atoms with Crippen LogP contribution in [0.15, 0.2) is 6.07 Å². The minimum Gasteiger partial charge on any atom is -0.344 e. The van der Waals surface area contributed by atoms with Gasteiger partial charge in [0, 0.05) is 13.6 Å². The molecule has 0 radical (unpaired) electrons. The molecule has 0 unspecified atom stereocenters. The van der Waals surface area contributed by atoms with Gasteiger partial charge in [0.2, 0.25) is 0 Å². The lowest BCUT2D eigenvalue weighted by Crippen LogP contribution is -2.52. The summed E-state index contributed by atoms with van der Waals surface area (Å²) in [5, 5.41) is 7.27. The van der Waals surface area contributed by atoms with E-state index in [0.717, 1.165) is 31.4 Å². The molecule has 1 fully saturated rings. The Morgan fingerprint density at radius 2 is 2.24 bits per heavy atom. The summed E-state index contributed by atoms with van der Waals surface area (Å²) in [5.41, 5.74) is 7.05. The van der Waals surface area contributed by atoms with E-state index in [1.165, 1.54) is 0 Å². The molecule has 0 saturated heterocycles. The van der Waals surface area contributed by atoms with Gasteiger partial charge in [-0.05, 0) is 25.8 Å². The second-order valence-corrected chi connectivity index (χ2v) is 4.94. The van der Waals surface area contributed by atoms with Gasteiger partial charge in [0.15, 0.2) is 0 Å². The zero-order chi connectivity index (χ0) is 12.5. The fourth-order valence-corrected chi connectivity index (χ4v) is 2.56. The fourth-order valence-electron chi connectivity index (χ4n) is 2.56. The molecule has 1 heterocycles. The summed E-state index contributed by atoms with van der Waals surface area (Å²) in [6.45, 7) is 2.39. The Morgan fingerprint density at radius 1 is 1.59 bits per heavy atom. The zero-order valence-corrected chi connectivity index (χ0v) is 10.5. The maximum Gasteiger partial charge on any atom is 0.270 e. The monoisotopic (exact) mass is 236 g/mol. The molecule has 1 aliphatic carbocycles. The average Bonchev–Trinajstić information content (AvgIpc) is 2.86. The van der Waals surface area contributed by atoms with Crippen LogP contribution in [0.2, 0.25) is 0 Å². The normalized spacial score (nSPS) is 18.3. The highest BCUT2D eigenvalue weighted by atomic mass is 16.2. The van der Waals surface area contributed by atoms with E-state index in [0.29, 0.717) is 12.2 Å². The van der Waals surface area contributed by atoms with Gasteiger partial charge in [0.25, 0.3) is 5.91 Å². The van der Waals surface area contributed by atoms with E-state index in [1.807, 2.05) is 6.92 Å². The van der Waals surface area contributed by atoms with Gasteiger partial charge in [-0.15, -0.1) is 0 Å². The number of rotatable bonds is 3. The largest absolute Gasteiger partial charge is 0.344 e. The molecule has 94 valence electrons. The van der Waals surface area contributed by atoms with Crippen LogP contribution < -0.4 is 11.1 Å². The van der Waals surface area contributed by atoms with Gasteiger partial charge in [-0.1, -0.05) is 12.8 Å². The van der Waals surface area contributed by atoms with Crippen LogP contribution >= 0.6 is 0 Å². The summed E-state index contributed by atoms with van der Waals surface area (Å²) in [7, 11) is 1.78. The van der Waals surface area contributed by atoms with E-state index >= 15 is 0 Å². The van der Waals surface area contributed by atoms with Gasteiger partial charge in [-0.3, -0.25) is 9.48 Å². The van der Waals surface area contributed by atoms with Crippen LogP contribution in [0.5, 0.6) is 0 Å². The first-order valence-electron chi connectivity index (χ1n) is 6.09. The molecule has 3 N–H and O–H groups in total. The summed E-state index contributed by atoms with van der Waals surface area (Å²) in [6.07, 6.45) is 4.24. The molecule has 17 heavy (non-hydrogen) atoms. The van der Waals surface area contributed by atoms with Gasteiger partial charge in [0.1, 0.15) is 5.69 Å². The summed E-state index contributed by atoms with van der Waals surface area (Å²) < 4.78 is 1.61. The Morgan fingerprint density at radius 3 is 2.71 bits per heavy atom. The number of hydrogen-bond donors (Lipinski definition) is 2. The topological polar surface area (TPSA) is 72.9 Å². The minimum atomic E-state index is -0.199. The standard InChI is InChI=1S/C12H20N4O/c1-9-7-10(16(2)15-9)11(17)14-12(8-13)5-3-4-6-12/h7H,3-6,8,13H2,1-2H3,(H,14,17). The molecule has 0 bridgehead atoms. The predicted octanol–water partition coefficient (Wildman–Crippen LogP) is 0.730. The summed E-state index contributed by atoms with van der Waals surface area (Å²) >= 11 is 0. The van der Waals surface area contributed by atoms with Crippen molar-refractivity contribution in [3.05, 3.63) is 17.5 Å². The van der Waals surface area contributed by atoms with Crippen molar-refractivity contribution >= 4 is 5.91 Å². The molecule has 0 atom stereocenters. The number of aryl methyl sites for hydroxylation is 2. The second-order valence-electron chi connectivity index (χ2n) is 4.94. The number of aromatic nitrogens is 2. The summed E-state index contributed by atoms with van der Waals surface area (Å²) in [6, 6.07) is 1.80. The van der Waals surface area contributed by atoms with Gasteiger partial charge < -0.3 is 11.1 Å². The first-order chi connectivity index (χ1) is 8.06. The van der Waals surface area contributed by atoms with Crippen LogP contribution in [0.25, 0.3) is 0 Å². The number of nitrogens with zero attached hydrogens (tertiary/aromatic N) is 2. The van der Waals surface area contributed by atoms with Crippen molar-refractivity contribution in [3.8, 4) is 0 Å². The lowest BCUT2D eigenvalue weighted by atomic mass is 9.97. The maximum absolute atomic E-state index is 12.2. The Bertz CT molecular complexity index is 418. The van der Waals surface area contributed by atoms with Crippen molar-refractivity contribution < 1.29 is 4.79 Å². The Kier molecular flexibility index (Phi) is 3.19. The van der Waals surface area contributed by atoms with Crippen LogP contribution in [0.4, 0.5) is 0 Å². The van der Waals surface area contributed by atoms with Crippen LogP contribution in [0, 0.1) is 6.92 Å². The van der Waals surface area contributed by atoms with E-state index in [4.69, 9.17) is 5.73 Å². The Labute approximate surface area is 101 Å². The van der Waals surface area contributed by atoms with E-state index in [2.05, 4.69) is 10.4 Å². The molecule has 1 aromatic rings. The number of carbonyl (C=O) groups excluding carboxylic acids is 1. The molecule has 2 rings (SSSR count). The third-order valence-corrected chi connectivity index (χ3v) is 3.56. The Balaban J connectivity index is 2.13. The number of amides is 1. The molecule has 0 aliphatic heterocycles. The average molecular weight is 236 g/mol. The van der Waals surface area contributed by atoms with Crippen LogP contribution in [0.3, 0.4) is 0 Å². The number of nitrogens with one attached hydrogen (secondary N) is 1. The predicted molar refractivity (Wildman–Crippen MR) is 65.7 cm³/mol. The molecule has 0 aromatic carbocycles. The quantitative estimate of drug-likeness (QED) is 0.812. The fraction of sp³-hybridized carbons (Fsp3) is 0.667. The van der Waals surface area contributed by atoms with Crippen molar-refractivity contribution in [2.24, 2.45) is 12.8 Å². The van der Waals surface area contributed by atoms with Crippen LogP contribution in [0.1, 0.15) is 41.9 Å². The third kappa shape index (κ3) is 2.34. The van der Waals surface area contributed by atoms with Crippen molar-refractivity contribution in [3.63, 3.8) is 0 Å². The molecular formula is C12H20N4O.